The first-order valence-electron chi connectivity index (χ1n) is 7.88. The quantitative estimate of drug-likeness (QED) is 0.716. The zero-order valence-electron chi connectivity index (χ0n) is 13.5. The molecule has 5 nitrogen and oxygen atoms in total. The summed E-state index contributed by atoms with van der Waals surface area (Å²) in [5.74, 6) is 0.815. The van der Waals surface area contributed by atoms with Gasteiger partial charge in [0.05, 0.1) is 22.8 Å². The molecule has 3 aromatic heterocycles. The Morgan fingerprint density at radius 1 is 1.12 bits per heavy atom. The fourth-order valence-corrected chi connectivity index (χ4v) is 3.54. The van der Waals surface area contributed by atoms with Crippen LogP contribution in [-0.4, -0.2) is 31.6 Å². The number of hydrogen-bond acceptors (Lipinski definition) is 3. The standard InChI is InChI=1S/C18H16ClN5S/c1-23-17(16(22-18(23)25)13-5-2-3-9-20-13)14-6-4-10-24(14)15-8-7-12(19)11-21-15/h2-11,16-17H,1H3,(H,22,25). The largest absolute Gasteiger partial charge is 0.352 e. The lowest BCUT2D eigenvalue weighted by atomic mass is 10.0. The van der Waals surface area contributed by atoms with Crippen LogP contribution in [-0.2, 0) is 0 Å². The monoisotopic (exact) mass is 369 g/mol. The maximum atomic E-state index is 5.97. The van der Waals surface area contributed by atoms with Gasteiger partial charge in [-0.1, -0.05) is 17.7 Å². The maximum Gasteiger partial charge on any atom is 0.169 e. The smallest absolute Gasteiger partial charge is 0.169 e. The number of likely N-dealkylation sites (N-methyl/N-ethyl adjacent to an activating group) is 1. The van der Waals surface area contributed by atoms with Crippen molar-refractivity contribution in [1.82, 2.24) is 24.8 Å². The van der Waals surface area contributed by atoms with E-state index in [1.165, 1.54) is 0 Å². The van der Waals surface area contributed by atoms with Crippen molar-refractivity contribution in [3.63, 3.8) is 0 Å². The third kappa shape index (κ3) is 2.88. The molecule has 7 heteroatoms. The van der Waals surface area contributed by atoms with Gasteiger partial charge < -0.3 is 14.8 Å². The van der Waals surface area contributed by atoms with Crippen molar-refractivity contribution in [2.45, 2.75) is 12.1 Å². The van der Waals surface area contributed by atoms with Crippen molar-refractivity contribution in [2.24, 2.45) is 0 Å². The van der Waals surface area contributed by atoms with Crippen LogP contribution in [0.25, 0.3) is 5.82 Å². The molecule has 0 radical (unpaired) electrons. The van der Waals surface area contributed by atoms with Crippen LogP contribution in [0.4, 0.5) is 0 Å². The average Bonchev–Trinajstić information content (AvgIpc) is 3.22. The van der Waals surface area contributed by atoms with Crippen LogP contribution in [0.3, 0.4) is 0 Å². The van der Waals surface area contributed by atoms with E-state index in [0.29, 0.717) is 10.1 Å². The minimum Gasteiger partial charge on any atom is -0.352 e. The number of halogens is 1. The van der Waals surface area contributed by atoms with Crippen molar-refractivity contribution >= 4 is 28.9 Å². The first-order valence-corrected chi connectivity index (χ1v) is 8.67. The summed E-state index contributed by atoms with van der Waals surface area (Å²) in [4.78, 5) is 11.0. The van der Waals surface area contributed by atoms with E-state index >= 15 is 0 Å². The molecule has 3 aromatic rings. The molecule has 0 bridgehead atoms. The Balaban J connectivity index is 1.78. The molecule has 2 atom stereocenters. The molecule has 2 unspecified atom stereocenters. The lowest BCUT2D eigenvalue weighted by Gasteiger charge is -2.25. The molecule has 0 spiro atoms. The molecule has 126 valence electrons. The lowest BCUT2D eigenvalue weighted by Crippen LogP contribution is -2.26. The van der Waals surface area contributed by atoms with E-state index in [-0.39, 0.29) is 12.1 Å². The van der Waals surface area contributed by atoms with E-state index in [4.69, 9.17) is 23.8 Å². The van der Waals surface area contributed by atoms with Crippen molar-refractivity contribution < 1.29 is 0 Å². The zero-order valence-corrected chi connectivity index (χ0v) is 15.1. The molecule has 0 aliphatic carbocycles. The van der Waals surface area contributed by atoms with Crippen LogP contribution in [0.15, 0.2) is 61.1 Å². The molecule has 25 heavy (non-hydrogen) atoms. The molecule has 1 aliphatic rings. The Kier molecular flexibility index (Phi) is 4.15. The fraction of sp³-hybridized carbons (Fsp3) is 0.167. The van der Waals surface area contributed by atoms with E-state index in [2.05, 4.69) is 30.8 Å². The Morgan fingerprint density at radius 3 is 2.72 bits per heavy atom. The predicted octanol–water partition coefficient (Wildman–Crippen LogP) is 3.52. The van der Waals surface area contributed by atoms with Crippen molar-refractivity contribution in [1.29, 1.82) is 0 Å². The van der Waals surface area contributed by atoms with Gasteiger partial charge in [-0.25, -0.2) is 4.98 Å². The van der Waals surface area contributed by atoms with E-state index in [9.17, 15) is 0 Å². The molecule has 0 amide bonds. The lowest BCUT2D eigenvalue weighted by molar-refractivity contribution is 0.356. The van der Waals surface area contributed by atoms with Gasteiger partial charge in [0.25, 0.3) is 0 Å². The van der Waals surface area contributed by atoms with E-state index in [0.717, 1.165) is 17.2 Å². The summed E-state index contributed by atoms with van der Waals surface area (Å²) >= 11 is 11.5. The van der Waals surface area contributed by atoms with Gasteiger partial charge in [0.2, 0.25) is 0 Å². The highest BCUT2D eigenvalue weighted by molar-refractivity contribution is 7.80. The normalized spacial score (nSPS) is 19.9. The highest BCUT2D eigenvalue weighted by atomic mass is 35.5. The molecule has 4 rings (SSSR count). The van der Waals surface area contributed by atoms with Crippen molar-refractivity contribution in [2.75, 3.05) is 7.05 Å². The molecule has 1 fully saturated rings. The summed E-state index contributed by atoms with van der Waals surface area (Å²) in [6.07, 6.45) is 5.45. The fourth-order valence-electron chi connectivity index (χ4n) is 3.18. The minimum absolute atomic E-state index is 0.00915. The zero-order chi connectivity index (χ0) is 17.4. The SMILES string of the molecule is CN1C(=S)NC(c2ccccn2)C1c1cccn1-c1ccc(Cl)cn1. The summed E-state index contributed by atoms with van der Waals surface area (Å²) in [7, 11) is 2.00. The van der Waals surface area contributed by atoms with Crippen LogP contribution < -0.4 is 5.32 Å². The van der Waals surface area contributed by atoms with Crippen molar-refractivity contribution in [3.8, 4) is 5.82 Å². The number of thiocarbonyl (C=S) groups is 1. The number of nitrogens with one attached hydrogen (secondary N) is 1. The summed E-state index contributed by atoms with van der Waals surface area (Å²) in [6, 6.07) is 13.7. The number of pyridine rings is 2. The third-order valence-electron chi connectivity index (χ3n) is 4.38. The second-order valence-electron chi connectivity index (χ2n) is 5.88. The number of aromatic nitrogens is 3. The summed E-state index contributed by atoms with van der Waals surface area (Å²) in [5.41, 5.74) is 2.04. The van der Waals surface area contributed by atoms with Gasteiger partial charge in [-0.15, -0.1) is 0 Å². The van der Waals surface area contributed by atoms with Gasteiger partial charge in [0.1, 0.15) is 5.82 Å². The van der Waals surface area contributed by atoms with E-state index in [1.807, 2.05) is 49.6 Å². The van der Waals surface area contributed by atoms with Gasteiger partial charge in [0.15, 0.2) is 5.11 Å². The third-order valence-corrected chi connectivity index (χ3v) is 5.01. The molecule has 1 aliphatic heterocycles. The van der Waals surface area contributed by atoms with E-state index < -0.39 is 0 Å². The van der Waals surface area contributed by atoms with Gasteiger partial charge in [-0.05, 0) is 48.6 Å². The number of nitrogens with zero attached hydrogens (tertiary/aromatic N) is 4. The van der Waals surface area contributed by atoms with Crippen LogP contribution in [0, 0.1) is 0 Å². The first-order chi connectivity index (χ1) is 12.1. The molecule has 1 saturated heterocycles. The minimum atomic E-state index is -0.0281. The maximum absolute atomic E-state index is 5.97. The molecule has 1 N–H and O–H groups in total. The molecular formula is C18H16ClN5S. The summed E-state index contributed by atoms with van der Waals surface area (Å²) in [5, 5.41) is 4.71. The second-order valence-corrected chi connectivity index (χ2v) is 6.70. The average molecular weight is 370 g/mol. The Labute approximate surface area is 156 Å². The van der Waals surface area contributed by atoms with Gasteiger partial charge in [-0.3, -0.25) is 4.98 Å². The van der Waals surface area contributed by atoms with Gasteiger partial charge in [-0.2, -0.15) is 0 Å². The van der Waals surface area contributed by atoms with Gasteiger partial charge in [0, 0.05) is 31.3 Å². The Bertz CT molecular complexity index is 893. The number of rotatable bonds is 3. The number of hydrogen-bond donors (Lipinski definition) is 1. The van der Waals surface area contributed by atoms with Crippen LogP contribution in [0.1, 0.15) is 23.5 Å². The van der Waals surface area contributed by atoms with Gasteiger partial charge >= 0.3 is 0 Å². The second kappa shape index (κ2) is 6.46. The van der Waals surface area contributed by atoms with Crippen molar-refractivity contribution in [3.05, 3.63) is 77.5 Å². The van der Waals surface area contributed by atoms with Crippen LogP contribution >= 0.6 is 23.8 Å². The van der Waals surface area contributed by atoms with Crippen LogP contribution in [0.2, 0.25) is 5.02 Å². The first kappa shape index (κ1) is 16.1. The molecular weight excluding hydrogens is 354 g/mol. The summed E-state index contributed by atoms with van der Waals surface area (Å²) in [6.45, 7) is 0. The van der Waals surface area contributed by atoms with E-state index in [1.54, 1.807) is 12.4 Å². The highest BCUT2D eigenvalue weighted by Crippen LogP contribution is 2.38. The Morgan fingerprint density at radius 2 is 2.00 bits per heavy atom. The summed E-state index contributed by atoms with van der Waals surface area (Å²) < 4.78 is 2.06. The molecule has 0 saturated carbocycles. The molecule has 4 heterocycles. The van der Waals surface area contributed by atoms with Crippen LogP contribution in [0.5, 0.6) is 0 Å². The highest BCUT2D eigenvalue weighted by Gasteiger charge is 2.39. The predicted molar refractivity (Wildman–Crippen MR) is 102 cm³/mol. The molecule has 0 aromatic carbocycles. The Hall–Kier alpha value is -2.44. The topological polar surface area (TPSA) is 46.0 Å².